The maximum absolute atomic E-state index is 13.2. The first-order valence-corrected chi connectivity index (χ1v) is 12.3. The molecule has 1 saturated heterocycles. The summed E-state index contributed by atoms with van der Waals surface area (Å²) in [6.45, 7) is 14.9. The van der Waals surface area contributed by atoms with Crippen LogP contribution in [0.15, 0.2) is 24.3 Å². The molecule has 1 unspecified atom stereocenters. The van der Waals surface area contributed by atoms with Crippen LogP contribution in [0.4, 0.5) is 19.0 Å². The summed E-state index contributed by atoms with van der Waals surface area (Å²) < 4.78 is 39.6. The highest BCUT2D eigenvalue weighted by Crippen LogP contribution is 2.32. The number of alkyl halides is 3. The number of aryl methyl sites for hydroxylation is 2. The molecule has 192 valence electrons. The molecule has 1 amide bonds. The molecule has 1 aliphatic rings. The highest BCUT2D eigenvalue weighted by atomic mass is 19.4. The predicted molar refractivity (Wildman–Crippen MR) is 132 cm³/mol. The number of benzene rings is 1. The van der Waals surface area contributed by atoms with Gasteiger partial charge in [0.1, 0.15) is 11.6 Å². The van der Waals surface area contributed by atoms with Crippen LogP contribution < -0.4 is 4.90 Å². The zero-order valence-corrected chi connectivity index (χ0v) is 21.7. The number of nitrogens with zero attached hydrogens (tertiary/aromatic N) is 4. The Balaban J connectivity index is 1.73. The van der Waals surface area contributed by atoms with Gasteiger partial charge in [0.25, 0.3) is 0 Å². The second-order valence-corrected chi connectivity index (χ2v) is 11.0. The zero-order valence-electron chi connectivity index (χ0n) is 21.7. The lowest BCUT2D eigenvalue weighted by Crippen LogP contribution is -2.49. The molecule has 2 heterocycles. The van der Waals surface area contributed by atoms with Gasteiger partial charge in [0.05, 0.1) is 5.56 Å². The third-order valence-electron chi connectivity index (χ3n) is 6.35. The molecule has 0 bridgehead atoms. The summed E-state index contributed by atoms with van der Waals surface area (Å²) in [4.78, 5) is 26.1. The lowest BCUT2D eigenvalue weighted by Gasteiger charge is -2.37. The van der Waals surface area contributed by atoms with E-state index >= 15 is 0 Å². The van der Waals surface area contributed by atoms with Gasteiger partial charge >= 0.3 is 6.18 Å². The summed E-state index contributed by atoms with van der Waals surface area (Å²) in [6.07, 6.45) is -2.53. The molecule has 35 heavy (non-hydrogen) atoms. The maximum Gasteiger partial charge on any atom is 0.416 e. The van der Waals surface area contributed by atoms with Crippen LogP contribution in [0, 0.1) is 25.2 Å². The van der Waals surface area contributed by atoms with Crippen molar-refractivity contribution in [1.29, 1.82) is 0 Å². The quantitative estimate of drug-likeness (QED) is 0.513. The number of halogens is 3. The van der Waals surface area contributed by atoms with E-state index in [1.54, 1.807) is 6.07 Å². The fourth-order valence-corrected chi connectivity index (χ4v) is 4.96. The van der Waals surface area contributed by atoms with Crippen molar-refractivity contribution in [3.05, 3.63) is 52.5 Å². The van der Waals surface area contributed by atoms with Crippen LogP contribution >= 0.6 is 0 Å². The monoisotopic (exact) mass is 490 g/mol. The largest absolute Gasteiger partial charge is 0.416 e. The number of anilines is 1. The second-order valence-electron chi connectivity index (χ2n) is 11.0. The van der Waals surface area contributed by atoms with E-state index in [-0.39, 0.29) is 11.3 Å². The van der Waals surface area contributed by atoms with E-state index in [9.17, 15) is 18.0 Å². The highest BCUT2D eigenvalue weighted by molar-refractivity contribution is 5.76. The summed E-state index contributed by atoms with van der Waals surface area (Å²) >= 11 is 0. The molecule has 5 nitrogen and oxygen atoms in total. The minimum Gasteiger partial charge on any atom is -0.353 e. The van der Waals surface area contributed by atoms with Gasteiger partial charge in [-0.3, -0.25) is 4.79 Å². The molecule has 1 aromatic carbocycles. The van der Waals surface area contributed by atoms with Crippen LogP contribution in [0.2, 0.25) is 0 Å². The first kappa shape index (κ1) is 27.0. The smallest absolute Gasteiger partial charge is 0.353 e. The van der Waals surface area contributed by atoms with Crippen LogP contribution in [0.1, 0.15) is 68.7 Å². The molecule has 1 aromatic heterocycles. The molecule has 0 saturated carbocycles. The normalized spacial score (nSPS) is 15.9. The van der Waals surface area contributed by atoms with Gasteiger partial charge in [-0.15, -0.1) is 0 Å². The molecule has 8 heteroatoms. The molecule has 1 fully saturated rings. The minimum atomic E-state index is -4.38. The van der Waals surface area contributed by atoms with Gasteiger partial charge in [-0.25, -0.2) is 9.97 Å². The molecular weight excluding hydrogens is 453 g/mol. The van der Waals surface area contributed by atoms with E-state index in [1.807, 2.05) is 18.7 Å². The topological polar surface area (TPSA) is 49.3 Å². The average Bonchev–Trinajstić information content (AvgIpc) is 2.74. The third-order valence-corrected chi connectivity index (χ3v) is 6.35. The van der Waals surface area contributed by atoms with Gasteiger partial charge in [0, 0.05) is 50.3 Å². The number of hydrogen-bond donors (Lipinski definition) is 0. The highest BCUT2D eigenvalue weighted by Gasteiger charge is 2.31. The van der Waals surface area contributed by atoms with E-state index in [1.165, 1.54) is 12.1 Å². The molecule has 0 N–H and O–H groups in total. The molecule has 1 atom stereocenters. The summed E-state index contributed by atoms with van der Waals surface area (Å²) in [7, 11) is 0. The summed E-state index contributed by atoms with van der Waals surface area (Å²) in [5, 5.41) is 0. The Hall–Kier alpha value is -2.64. The zero-order chi connectivity index (χ0) is 26.0. The van der Waals surface area contributed by atoms with Crippen LogP contribution in [-0.4, -0.2) is 47.0 Å². The van der Waals surface area contributed by atoms with Crippen LogP contribution in [-0.2, 0) is 17.4 Å². The van der Waals surface area contributed by atoms with Gasteiger partial charge in [-0.05, 0) is 43.2 Å². The average molecular weight is 491 g/mol. The van der Waals surface area contributed by atoms with Crippen molar-refractivity contribution in [2.24, 2.45) is 11.3 Å². The van der Waals surface area contributed by atoms with Gasteiger partial charge in [-0.2, -0.15) is 13.2 Å². The Morgan fingerprint density at radius 2 is 1.71 bits per heavy atom. The lowest BCUT2D eigenvalue weighted by atomic mass is 9.84. The lowest BCUT2D eigenvalue weighted by molar-refractivity contribution is -0.137. The minimum absolute atomic E-state index is 0.181. The van der Waals surface area contributed by atoms with Crippen molar-refractivity contribution in [2.75, 3.05) is 31.1 Å². The molecular formula is C27H37F3N4O. The SMILES string of the molecule is Cc1nc(C)c(Cc2cccc(C(F)(F)F)c2)c(N2CCN(C(=O)CC(C)CC(C)(C)C)CC2)n1. The van der Waals surface area contributed by atoms with Crippen LogP contribution in [0.25, 0.3) is 0 Å². The second kappa shape index (κ2) is 10.5. The van der Waals surface area contributed by atoms with E-state index in [2.05, 4.69) is 42.6 Å². The Kier molecular flexibility index (Phi) is 8.12. The first-order valence-electron chi connectivity index (χ1n) is 12.3. The molecule has 0 spiro atoms. The molecule has 0 radical (unpaired) electrons. The fourth-order valence-electron chi connectivity index (χ4n) is 4.96. The Morgan fingerprint density at radius 1 is 1.06 bits per heavy atom. The summed E-state index contributed by atoms with van der Waals surface area (Å²) in [5.41, 5.74) is 1.69. The van der Waals surface area contributed by atoms with Gasteiger partial charge in [-0.1, -0.05) is 45.9 Å². The molecule has 0 aliphatic carbocycles. The predicted octanol–water partition coefficient (Wildman–Crippen LogP) is 5.81. The van der Waals surface area contributed by atoms with E-state index in [4.69, 9.17) is 0 Å². The number of hydrogen-bond acceptors (Lipinski definition) is 4. The molecule has 3 rings (SSSR count). The number of carbonyl (C=O) groups is 1. The summed E-state index contributed by atoms with van der Waals surface area (Å²) in [5.74, 6) is 1.88. The maximum atomic E-state index is 13.2. The Labute approximate surface area is 206 Å². The van der Waals surface area contributed by atoms with Crippen LogP contribution in [0.3, 0.4) is 0 Å². The van der Waals surface area contributed by atoms with Gasteiger partial charge in [0.2, 0.25) is 5.91 Å². The fraction of sp³-hybridized carbons (Fsp3) is 0.593. The van der Waals surface area contributed by atoms with Gasteiger partial charge < -0.3 is 9.80 Å². The number of piperazine rings is 1. The standard InChI is InChI=1S/C27H37F3N4O/c1-18(17-26(4,5)6)14-24(35)33-10-12-34(13-11-33)25-23(19(2)31-20(3)32-25)16-21-8-7-9-22(15-21)27(28,29)30/h7-9,15,18H,10-14,16-17H2,1-6H3. The number of aromatic nitrogens is 2. The Bertz CT molecular complexity index is 1040. The van der Waals surface area contributed by atoms with Crippen molar-refractivity contribution >= 4 is 11.7 Å². The summed E-state index contributed by atoms with van der Waals surface area (Å²) in [6, 6.07) is 5.42. The first-order chi connectivity index (χ1) is 16.2. The van der Waals surface area contributed by atoms with Crippen molar-refractivity contribution in [3.63, 3.8) is 0 Å². The Morgan fingerprint density at radius 3 is 2.31 bits per heavy atom. The van der Waals surface area contributed by atoms with Crippen molar-refractivity contribution in [2.45, 2.75) is 67.0 Å². The number of carbonyl (C=O) groups excluding carboxylic acids is 1. The third kappa shape index (κ3) is 7.42. The number of amides is 1. The number of rotatable bonds is 6. The van der Waals surface area contributed by atoms with E-state index in [0.29, 0.717) is 56.3 Å². The van der Waals surface area contributed by atoms with E-state index in [0.717, 1.165) is 29.6 Å². The van der Waals surface area contributed by atoms with Crippen molar-refractivity contribution < 1.29 is 18.0 Å². The van der Waals surface area contributed by atoms with Crippen molar-refractivity contribution in [3.8, 4) is 0 Å². The van der Waals surface area contributed by atoms with Gasteiger partial charge in [0.15, 0.2) is 0 Å². The van der Waals surface area contributed by atoms with E-state index < -0.39 is 11.7 Å². The molecule has 2 aromatic rings. The van der Waals surface area contributed by atoms with Crippen LogP contribution in [0.5, 0.6) is 0 Å². The van der Waals surface area contributed by atoms with Crippen molar-refractivity contribution in [1.82, 2.24) is 14.9 Å². The molecule has 1 aliphatic heterocycles.